The third-order valence-electron chi connectivity index (χ3n) is 5.23. The minimum Gasteiger partial charge on any atom is -0.459 e. The predicted octanol–water partition coefficient (Wildman–Crippen LogP) is 3.44. The average Bonchev–Trinajstić information content (AvgIpc) is 3.12. The van der Waals surface area contributed by atoms with Gasteiger partial charge in [-0.05, 0) is 23.3 Å². The highest BCUT2D eigenvalue weighted by atomic mass is 16.6. The molecule has 0 bridgehead atoms. The van der Waals surface area contributed by atoms with Gasteiger partial charge in [0.1, 0.15) is 12.8 Å². The molecule has 1 saturated heterocycles. The molecule has 0 N–H and O–H groups in total. The molecule has 2 aromatic rings. The van der Waals surface area contributed by atoms with Crippen LogP contribution in [0.25, 0.3) is 0 Å². The second-order valence-electron chi connectivity index (χ2n) is 8.62. The zero-order valence-electron chi connectivity index (χ0n) is 17.5. The van der Waals surface area contributed by atoms with Crippen molar-refractivity contribution in [2.75, 3.05) is 6.61 Å². The highest BCUT2D eigenvalue weighted by Crippen LogP contribution is 2.39. The summed E-state index contributed by atoms with van der Waals surface area (Å²) in [6, 6.07) is 18.5. The van der Waals surface area contributed by atoms with Crippen LogP contribution in [0.15, 0.2) is 54.6 Å². The van der Waals surface area contributed by atoms with Gasteiger partial charge in [0.2, 0.25) is 6.41 Å². The third kappa shape index (κ3) is 4.37. The van der Waals surface area contributed by atoms with Crippen LogP contribution >= 0.6 is 0 Å². The van der Waals surface area contributed by atoms with Crippen LogP contribution in [0.5, 0.6) is 0 Å². The Balaban J connectivity index is 1.94. The van der Waals surface area contributed by atoms with E-state index in [1.54, 1.807) is 18.2 Å². The first-order valence-corrected chi connectivity index (χ1v) is 9.86. The summed E-state index contributed by atoms with van der Waals surface area (Å²) in [6.07, 6.45) is 0.292. The van der Waals surface area contributed by atoms with Crippen LogP contribution in [0, 0.1) is 16.7 Å². The molecule has 156 valence electrons. The van der Waals surface area contributed by atoms with Crippen LogP contribution in [-0.4, -0.2) is 35.7 Å². The normalized spacial score (nSPS) is 21.1. The lowest BCUT2D eigenvalue weighted by molar-refractivity contribution is -0.162. The molecule has 2 aromatic carbocycles. The molecule has 1 heterocycles. The van der Waals surface area contributed by atoms with Gasteiger partial charge in [-0.2, -0.15) is 5.26 Å². The largest absolute Gasteiger partial charge is 0.459 e. The van der Waals surface area contributed by atoms with Crippen molar-refractivity contribution >= 4 is 12.4 Å². The van der Waals surface area contributed by atoms with E-state index in [0.29, 0.717) is 12.0 Å². The van der Waals surface area contributed by atoms with E-state index in [4.69, 9.17) is 9.47 Å². The fourth-order valence-electron chi connectivity index (χ4n) is 3.74. The van der Waals surface area contributed by atoms with Gasteiger partial charge >= 0.3 is 5.97 Å². The summed E-state index contributed by atoms with van der Waals surface area (Å²) >= 11 is 0. The van der Waals surface area contributed by atoms with Crippen molar-refractivity contribution in [2.24, 2.45) is 5.41 Å². The number of hydrogen-bond donors (Lipinski definition) is 0. The summed E-state index contributed by atoms with van der Waals surface area (Å²) in [7, 11) is 0. The standard InChI is InChI=1S/C24H26N2O4/c1-23(2,3)21-26(17-27)24(16-30-21,13-19-10-7-11-20(12-19)14-25)22(28)29-15-18-8-5-4-6-9-18/h4-12,17,21H,13,15-16H2,1-3H3. The first kappa shape index (κ1) is 21.5. The summed E-state index contributed by atoms with van der Waals surface area (Å²) < 4.78 is 11.6. The smallest absolute Gasteiger partial charge is 0.335 e. The van der Waals surface area contributed by atoms with Crippen LogP contribution in [0.4, 0.5) is 0 Å². The van der Waals surface area contributed by atoms with Gasteiger partial charge in [0.05, 0.1) is 18.2 Å². The minimum atomic E-state index is -1.30. The van der Waals surface area contributed by atoms with E-state index in [1.807, 2.05) is 57.2 Å². The molecule has 0 aliphatic carbocycles. The number of benzene rings is 2. The molecule has 2 unspecified atom stereocenters. The van der Waals surface area contributed by atoms with Crippen molar-refractivity contribution in [1.82, 2.24) is 4.90 Å². The molecule has 0 spiro atoms. The predicted molar refractivity (Wildman–Crippen MR) is 111 cm³/mol. The van der Waals surface area contributed by atoms with Gasteiger partial charge in [-0.25, -0.2) is 4.79 Å². The number of hydrogen-bond acceptors (Lipinski definition) is 5. The monoisotopic (exact) mass is 406 g/mol. The van der Waals surface area contributed by atoms with Crippen molar-refractivity contribution in [3.63, 3.8) is 0 Å². The summed E-state index contributed by atoms with van der Waals surface area (Å²) in [5, 5.41) is 9.22. The van der Waals surface area contributed by atoms with Crippen LogP contribution in [-0.2, 0) is 32.1 Å². The highest BCUT2D eigenvalue weighted by Gasteiger charge is 2.56. The van der Waals surface area contributed by atoms with E-state index in [-0.39, 0.29) is 19.6 Å². The number of esters is 1. The van der Waals surface area contributed by atoms with E-state index in [2.05, 4.69) is 6.07 Å². The van der Waals surface area contributed by atoms with Gasteiger partial charge in [-0.3, -0.25) is 9.69 Å². The first-order chi connectivity index (χ1) is 14.3. The zero-order chi connectivity index (χ0) is 21.8. The minimum absolute atomic E-state index is 0.0259. The van der Waals surface area contributed by atoms with Crippen LogP contribution in [0.2, 0.25) is 0 Å². The van der Waals surface area contributed by atoms with E-state index in [0.717, 1.165) is 11.1 Å². The Morgan fingerprint density at radius 2 is 1.93 bits per heavy atom. The van der Waals surface area contributed by atoms with Crippen LogP contribution in [0.3, 0.4) is 0 Å². The van der Waals surface area contributed by atoms with Crippen molar-refractivity contribution < 1.29 is 19.1 Å². The Morgan fingerprint density at radius 1 is 1.23 bits per heavy atom. The van der Waals surface area contributed by atoms with Gasteiger partial charge in [0, 0.05) is 11.8 Å². The second kappa shape index (κ2) is 8.68. The van der Waals surface area contributed by atoms with Crippen molar-refractivity contribution in [2.45, 2.75) is 45.6 Å². The molecule has 1 fully saturated rings. The second-order valence-corrected chi connectivity index (χ2v) is 8.62. The molecule has 1 aliphatic heterocycles. The lowest BCUT2D eigenvalue weighted by Crippen LogP contribution is -2.58. The molecule has 3 rings (SSSR count). The van der Waals surface area contributed by atoms with Gasteiger partial charge in [0.15, 0.2) is 5.54 Å². The topological polar surface area (TPSA) is 79.6 Å². The van der Waals surface area contributed by atoms with E-state index in [9.17, 15) is 14.9 Å². The molecule has 30 heavy (non-hydrogen) atoms. The quantitative estimate of drug-likeness (QED) is 0.542. The molecule has 0 aromatic heterocycles. The number of carbonyl (C=O) groups excluding carboxylic acids is 2. The zero-order valence-corrected chi connectivity index (χ0v) is 17.5. The van der Waals surface area contributed by atoms with Crippen LogP contribution in [0.1, 0.15) is 37.5 Å². The maximum Gasteiger partial charge on any atom is 0.335 e. The lowest BCUT2D eigenvalue weighted by Gasteiger charge is -2.38. The van der Waals surface area contributed by atoms with E-state index >= 15 is 0 Å². The number of carbonyl (C=O) groups is 2. The molecular weight excluding hydrogens is 380 g/mol. The molecule has 1 aliphatic rings. The van der Waals surface area contributed by atoms with E-state index in [1.165, 1.54) is 4.90 Å². The van der Waals surface area contributed by atoms with Crippen molar-refractivity contribution in [3.8, 4) is 6.07 Å². The maximum absolute atomic E-state index is 13.4. The Labute approximate surface area is 177 Å². The number of nitrogens with zero attached hydrogens (tertiary/aromatic N) is 2. The van der Waals surface area contributed by atoms with Gasteiger partial charge in [-0.15, -0.1) is 0 Å². The Bertz CT molecular complexity index is 946. The Hall–Kier alpha value is -3.17. The molecule has 2 atom stereocenters. The van der Waals surface area contributed by atoms with Gasteiger partial charge in [0.25, 0.3) is 0 Å². The molecule has 0 saturated carbocycles. The number of rotatable bonds is 6. The van der Waals surface area contributed by atoms with Crippen LogP contribution < -0.4 is 0 Å². The molecule has 6 heteroatoms. The van der Waals surface area contributed by atoms with Gasteiger partial charge in [-0.1, -0.05) is 63.2 Å². The summed E-state index contributed by atoms with van der Waals surface area (Å²) in [4.78, 5) is 27.0. The molecule has 6 nitrogen and oxygen atoms in total. The summed E-state index contributed by atoms with van der Waals surface area (Å²) in [5.74, 6) is -0.521. The number of nitriles is 1. The first-order valence-electron chi connectivity index (χ1n) is 9.86. The SMILES string of the molecule is CC(C)(C)C1OCC(Cc2cccc(C#N)c2)(C(=O)OCc2ccccc2)N1C=O. The number of amides is 1. The Morgan fingerprint density at radius 3 is 2.57 bits per heavy atom. The van der Waals surface area contributed by atoms with Crippen molar-refractivity contribution in [1.29, 1.82) is 5.26 Å². The van der Waals surface area contributed by atoms with Crippen molar-refractivity contribution in [3.05, 3.63) is 71.3 Å². The lowest BCUT2D eigenvalue weighted by atomic mass is 9.87. The number of ether oxygens (including phenoxy) is 2. The van der Waals surface area contributed by atoms with E-state index < -0.39 is 23.2 Å². The third-order valence-corrected chi connectivity index (χ3v) is 5.23. The molecule has 0 radical (unpaired) electrons. The molecule has 1 amide bonds. The average molecular weight is 406 g/mol. The fourth-order valence-corrected chi connectivity index (χ4v) is 3.74. The molecular formula is C24H26N2O4. The fraction of sp³-hybridized carbons (Fsp3) is 0.375. The Kier molecular flexibility index (Phi) is 6.23. The maximum atomic E-state index is 13.4. The highest BCUT2D eigenvalue weighted by molar-refractivity contribution is 5.84. The summed E-state index contributed by atoms with van der Waals surface area (Å²) in [5.41, 5.74) is 0.413. The van der Waals surface area contributed by atoms with Gasteiger partial charge < -0.3 is 9.47 Å². The summed E-state index contributed by atoms with van der Waals surface area (Å²) in [6.45, 7) is 5.99.